The standard InChI is InChI=1S/C14H13NO3/c1-2-9-4-3-5-10-8-11(6-7-12(16)17)14(18)15-13(9)10/h3-8H,2H2,1H3,(H,15,18)(H,16,17)/b7-6+. The summed E-state index contributed by atoms with van der Waals surface area (Å²) in [6, 6.07) is 7.48. The molecule has 92 valence electrons. The highest BCUT2D eigenvalue weighted by atomic mass is 16.4. The van der Waals surface area contributed by atoms with E-state index in [1.165, 1.54) is 6.08 Å². The van der Waals surface area contributed by atoms with E-state index in [1.807, 2.05) is 25.1 Å². The molecule has 0 bridgehead atoms. The summed E-state index contributed by atoms with van der Waals surface area (Å²) in [5.74, 6) is -1.07. The van der Waals surface area contributed by atoms with Gasteiger partial charge < -0.3 is 10.1 Å². The van der Waals surface area contributed by atoms with E-state index in [2.05, 4.69) is 4.98 Å². The molecule has 1 aromatic heterocycles. The number of nitrogens with one attached hydrogen (secondary N) is 1. The molecule has 18 heavy (non-hydrogen) atoms. The second-order valence-corrected chi connectivity index (χ2v) is 3.96. The summed E-state index contributed by atoms with van der Waals surface area (Å²) in [4.78, 5) is 25.1. The Morgan fingerprint density at radius 3 is 2.89 bits per heavy atom. The summed E-state index contributed by atoms with van der Waals surface area (Å²) in [7, 11) is 0. The molecule has 2 N–H and O–H groups in total. The molecule has 4 heteroatoms. The fourth-order valence-electron chi connectivity index (χ4n) is 1.89. The van der Waals surface area contributed by atoms with Crippen molar-refractivity contribution in [3.63, 3.8) is 0 Å². The lowest BCUT2D eigenvalue weighted by Gasteiger charge is -2.04. The maximum atomic E-state index is 11.8. The lowest BCUT2D eigenvalue weighted by Crippen LogP contribution is -2.10. The summed E-state index contributed by atoms with van der Waals surface area (Å²) in [5.41, 5.74) is 1.95. The molecule has 0 saturated carbocycles. The van der Waals surface area contributed by atoms with E-state index in [4.69, 9.17) is 5.11 Å². The molecule has 0 unspecified atom stereocenters. The average molecular weight is 243 g/mol. The molecule has 2 aromatic rings. The van der Waals surface area contributed by atoms with Gasteiger partial charge in [-0.25, -0.2) is 4.79 Å². The number of hydrogen-bond acceptors (Lipinski definition) is 2. The largest absolute Gasteiger partial charge is 0.478 e. The lowest BCUT2D eigenvalue weighted by molar-refractivity contribution is -0.131. The predicted molar refractivity (Wildman–Crippen MR) is 70.6 cm³/mol. The lowest BCUT2D eigenvalue weighted by atomic mass is 10.1. The van der Waals surface area contributed by atoms with Crippen molar-refractivity contribution in [1.82, 2.24) is 4.98 Å². The van der Waals surface area contributed by atoms with Crippen molar-refractivity contribution in [3.05, 3.63) is 51.8 Å². The first kappa shape index (κ1) is 12.1. The number of benzene rings is 1. The second kappa shape index (κ2) is 4.87. The van der Waals surface area contributed by atoms with Crippen LogP contribution in [0, 0.1) is 0 Å². The van der Waals surface area contributed by atoms with Crippen molar-refractivity contribution < 1.29 is 9.90 Å². The molecule has 4 nitrogen and oxygen atoms in total. The summed E-state index contributed by atoms with van der Waals surface area (Å²) in [6.07, 6.45) is 3.09. The van der Waals surface area contributed by atoms with Gasteiger partial charge in [-0.3, -0.25) is 4.79 Å². The fourth-order valence-corrected chi connectivity index (χ4v) is 1.89. The van der Waals surface area contributed by atoms with E-state index in [0.717, 1.165) is 29.0 Å². The van der Waals surface area contributed by atoms with Gasteiger partial charge in [-0.05, 0) is 29.5 Å². The van der Waals surface area contributed by atoms with Gasteiger partial charge >= 0.3 is 5.97 Å². The summed E-state index contributed by atoms with van der Waals surface area (Å²) in [5, 5.41) is 9.46. The Morgan fingerprint density at radius 2 is 2.22 bits per heavy atom. The zero-order valence-corrected chi connectivity index (χ0v) is 9.93. The molecule has 0 atom stereocenters. The van der Waals surface area contributed by atoms with E-state index in [-0.39, 0.29) is 5.56 Å². The van der Waals surface area contributed by atoms with E-state index in [0.29, 0.717) is 5.56 Å². The fraction of sp³-hybridized carbons (Fsp3) is 0.143. The van der Waals surface area contributed by atoms with Crippen LogP contribution in [0.1, 0.15) is 18.1 Å². The molecule has 1 aromatic carbocycles. The van der Waals surface area contributed by atoms with E-state index in [1.54, 1.807) is 6.07 Å². The molecule has 0 aliphatic carbocycles. The summed E-state index contributed by atoms with van der Waals surface area (Å²) < 4.78 is 0. The molecule has 1 heterocycles. The normalized spacial score (nSPS) is 11.2. The maximum Gasteiger partial charge on any atom is 0.328 e. The molecular weight excluding hydrogens is 230 g/mol. The highest BCUT2D eigenvalue weighted by Crippen LogP contribution is 2.16. The average Bonchev–Trinajstić information content (AvgIpc) is 2.35. The van der Waals surface area contributed by atoms with Crippen molar-refractivity contribution in [2.75, 3.05) is 0 Å². The third-order valence-electron chi connectivity index (χ3n) is 2.78. The van der Waals surface area contributed by atoms with Crippen molar-refractivity contribution >= 4 is 22.9 Å². The number of hydrogen-bond donors (Lipinski definition) is 2. The van der Waals surface area contributed by atoms with Crippen LogP contribution in [0.5, 0.6) is 0 Å². The minimum Gasteiger partial charge on any atom is -0.478 e. The number of carbonyl (C=O) groups is 1. The van der Waals surface area contributed by atoms with Crippen LogP contribution in [0.4, 0.5) is 0 Å². The number of carboxylic acid groups (broad SMARTS) is 1. The van der Waals surface area contributed by atoms with Gasteiger partial charge in [0.25, 0.3) is 5.56 Å². The van der Waals surface area contributed by atoms with Crippen LogP contribution in [0.3, 0.4) is 0 Å². The van der Waals surface area contributed by atoms with Crippen LogP contribution in [-0.2, 0) is 11.2 Å². The molecule has 0 aliphatic heterocycles. The molecule has 0 saturated heterocycles. The molecule has 0 amide bonds. The first-order valence-corrected chi connectivity index (χ1v) is 5.67. The Labute approximate surface area is 104 Å². The maximum absolute atomic E-state index is 11.8. The number of carboxylic acids is 1. The molecule has 2 rings (SSSR count). The first-order valence-electron chi connectivity index (χ1n) is 5.67. The van der Waals surface area contributed by atoms with Crippen LogP contribution < -0.4 is 5.56 Å². The van der Waals surface area contributed by atoms with Gasteiger partial charge in [0.15, 0.2) is 0 Å². The van der Waals surface area contributed by atoms with Crippen LogP contribution >= 0.6 is 0 Å². The smallest absolute Gasteiger partial charge is 0.328 e. The van der Waals surface area contributed by atoms with E-state index >= 15 is 0 Å². The SMILES string of the molecule is CCc1cccc2cc(/C=C/C(=O)O)c(=O)[nH]c12. The quantitative estimate of drug-likeness (QED) is 0.812. The van der Waals surface area contributed by atoms with Gasteiger partial charge in [0.2, 0.25) is 0 Å². The summed E-state index contributed by atoms with van der Waals surface area (Å²) >= 11 is 0. The number of fused-ring (bicyclic) bond motifs is 1. The zero-order chi connectivity index (χ0) is 13.1. The summed E-state index contributed by atoms with van der Waals surface area (Å²) in [6.45, 7) is 2.02. The van der Waals surface area contributed by atoms with E-state index in [9.17, 15) is 9.59 Å². The number of H-pyrrole nitrogens is 1. The van der Waals surface area contributed by atoms with E-state index < -0.39 is 5.97 Å². The number of para-hydroxylation sites is 1. The Bertz CT molecular complexity index is 683. The minimum atomic E-state index is -1.07. The van der Waals surface area contributed by atoms with Gasteiger partial charge in [0.05, 0.1) is 5.52 Å². The predicted octanol–water partition coefficient (Wildman–Crippen LogP) is 2.19. The minimum absolute atomic E-state index is 0.277. The Morgan fingerprint density at radius 1 is 1.44 bits per heavy atom. The van der Waals surface area contributed by atoms with Crippen LogP contribution in [-0.4, -0.2) is 16.1 Å². The highest BCUT2D eigenvalue weighted by molar-refractivity contribution is 5.87. The van der Waals surface area contributed by atoms with Crippen LogP contribution in [0.15, 0.2) is 35.1 Å². The van der Waals surface area contributed by atoms with Gasteiger partial charge in [-0.15, -0.1) is 0 Å². The van der Waals surface area contributed by atoms with Gasteiger partial charge in [-0.2, -0.15) is 0 Å². The van der Waals surface area contributed by atoms with Crippen molar-refractivity contribution in [1.29, 1.82) is 0 Å². The topological polar surface area (TPSA) is 70.2 Å². The Kier molecular flexibility index (Phi) is 3.28. The third kappa shape index (κ3) is 2.32. The molecule has 0 fully saturated rings. The van der Waals surface area contributed by atoms with Crippen LogP contribution in [0.25, 0.3) is 17.0 Å². The van der Waals surface area contributed by atoms with Crippen molar-refractivity contribution in [2.24, 2.45) is 0 Å². The van der Waals surface area contributed by atoms with Gasteiger partial charge in [0.1, 0.15) is 0 Å². The second-order valence-electron chi connectivity index (χ2n) is 3.96. The Hall–Kier alpha value is -2.36. The number of aryl methyl sites for hydroxylation is 1. The molecule has 0 spiro atoms. The number of aromatic nitrogens is 1. The van der Waals surface area contributed by atoms with Gasteiger partial charge in [0, 0.05) is 11.6 Å². The number of aliphatic carboxylic acids is 1. The first-order chi connectivity index (χ1) is 8.61. The van der Waals surface area contributed by atoms with Crippen molar-refractivity contribution in [3.8, 4) is 0 Å². The number of aromatic amines is 1. The Balaban J connectivity index is 2.63. The van der Waals surface area contributed by atoms with Crippen LogP contribution in [0.2, 0.25) is 0 Å². The molecule has 0 aliphatic rings. The zero-order valence-electron chi connectivity index (χ0n) is 9.93. The molecular formula is C14H13NO3. The number of pyridine rings is 1. The van der Waals surface area contributed by atoms with Gasteiger partial charge in [-0.1, -0.05) is 25.1 Å². The highest BCUT2D eigenvalue weighted by Gasteiger charge is 2.03. The molecule has 0 radical (unpaired) electrons. The van der Waals surface area contributed by atoms with Crippen molar-refractivity contribution in [2.45, 2.75) is 13.3 Å². The number of rotatable bonds is 3. The monoisotopic (exact) mass is 243 g/mol. The third-order valence-corrected chi connectivity index (χ3v) is 2.78.